The summed E-state index contributed by atoms with van der Waals surface area (Å²) in [4.78, 5) is 12.4. The van der Waals surface area contributed by atoms with Crippen molar-refractivity contribution in [3.05, 3.63) is 58.7 Å². The Kier molecular flexibility index (Phi) is 4.86. The van der Waals surface area contributed by atoms with E-state index >= 15 is 0 Å². The molecular weight excluding hydrogens is 274 g/mol. The van der Waals surface area contributed by atoms with Crippen molar-refractivity contribution in [1.82, 2.24) is 0 Å². The third-order valence-electron chi connectivity index (χ3n) is 3.73. The van der Waals surface area contributed by atoms with E-state index in [4.69, 9.17) is 4.74 Å². The molecule has 0 aromatic heterocycles. The van der Waals surface area contributed by atoms with Gasteiger partial charge in [0, 0.05) is 5.69 Å². The van der Waals surface area contributed by atoms with Gasteiger partial charge in [0.1, 0.15) is 5.75 Å². The van der Waals surface area contributed by atoms with Gasteiger partial charge in [-0.3, -0.25) is 4.79 Å². The largest absolute Gasteiger partial charge is 0.481 e. The first-order valence-electron chi connectivity index (χ1n) is 7.49. The molecule has 0 aliphatic rings. The van der Waals surface area contributed by atoms with E-state index in [-0.39, 0.29) is 5.91 Å². The lowest BCUT2D eigenvalue weighted by molar-refractivity contribution is -0.122. The molecule has 1 amide bonds. The fourth-order valence-corrected chi connectivity index (χ4v) is 2.41. The average Bonchev–Trinajstić information content (AvgIpc) is 2.45. The molecule has 116 valence electrons. The van der Waals surface area contributed by atoms with Crippen molar-refractivity contribution in [1.29, 1.82) is 0 Å². The molecule has 2 rings (SSSR count). The van der Waals surface area contributed by atoms with Crippen molar-refractivity contribution in [2.45, 2.75) is 40.7 Å². The highest BCUT2D eigenvalue weighted by molar-refractivity contribution is 5.95. The summed E-state index contributed by atoms with van der Waals surface area (Å²) in [6.45, 7) is 9.76. The molecule has 0 radical (unpaired) electrons. The zero-order chi connectivity index (χ0) is 16.3. The number of carbonyl (C=O) groups is 1. The van der Waals surface area contributed by atoms with Gasteiger partial charge in [0.05, 0.1) is 0 Å². The number of carbonyl (C=O) groups excluding carboxylic acids is 1. The molecule has 0 saturated heterocycles. The summed E-state index contributed by atoms with van der Waals surface area (Å²) >= 11 is 0. The summed E-state index contributed by atoms with van der Waals surface area (Å²) in [7, 11) is 0. The molecule has 22 heavy (non-hydrogen) atoms. The number of nitrogens with one attached hydrogen (secondary N) is 1. The van der Waals surface area contributed by atoms with Gasteiger partial charge in [-0.1, -0.05) is 35.9 Å². The lowest BCUT2D eigenvalue weighted by Crippen LogP contribution is -2.30. The second kappa shape index (κ2) is 6.65. The van der Waals surface area contributed by atoms with Gasteiger partial charge in [0.15, 0.2) is 6.10 Å². The molecular formula is C19H23NO2. The maximum atomic E-state index is 12.4. The molecule has 2 aromatic rings. The molecule has 0 spiro atoms. The van der Waals surface area contributed by atoms with Crippen LogP contribution in [0.3, 0.4) is 0 Å². The number of hydrogen-bond donors (Lipinski definition) is 1. The monoisotopic (exact) mass is 297 g/mol. The summed E-state index contributed by atoms with van der Waals surface area (Å²) in [6.07, 6.45) is -0.555. The van der Waals surface area contributed by atoms with Gasteiger partial charge in [-0.25, -0.2) is 0 Å². The SMILES string of the molecule is Cc1ccc(OC(C)C(=O)Nc2c(C)cccc2C)c(C)c1. The maximum absolute atomic E-state index is 12.4. The van der Waals surface area contributed by atoms with E-state index in [1.54, 1.807) is 6.92 Å². The molecule has 3 heteroatoms. The molecule has 1 atom stereocenters. The van der Waals surface area contributed by atoms with Crippen LogP contribution in [0.4, 0.5) is 5.69 Å². The summed E-state index contributed by atoms with van der Waals surface area (Å²) < 4.78 is 5.80. The van der Waals surface area contributed by atoms with Crippen LogP contribution < -0.4 is 10.1 Å². The van der Waals surface area contributed by atoms with E-state index in [2.05, 4.69) is 5.32 Å². The first kappa shape index (κ1) is 16.1. The van der Waals surface area contributed by atoms with Gasteiger partial charge in [-0.15, -0.1) is 0 Å². The number of aryl methyl sites for hydroxylation is 4. The topological polar surface area (TPSA) is 38.3 Å². The Hall–Kier alpha value is -2.29. The Balaban J connectivity index is 2.09. The number of amides is 1. The van der Waals surface area contributed by atoms with Gasteiger partial charge >= 0.3 is 0 Å². The van der Waals surface area contributed by atoms with Crippen molar-refractivity contribution < 1.29 is 9.53 Å². The highest BCUT2D eigenvalue weighted by atomic mass is 16.5. The highest BCUT2D eigenvalue weighted by Gasteiger charge is 2.17. The fraction of sp³-hybridized carbons (Fsp3) is 0.316. The Morgan fingerprint density at radius 3 is 2.23 bits per heavy atom. The van der Waals surface area contributed by atoms with Gasteiger partial charge in [-0.2, -0.15) is 0 Å². The molecule has 2 aromatic carbocycles. The minimum atomic E-state index is -0.555. The Morgan fingerprint density at radius 2 is 1.64 bits per heavy atom. The highest BCUT2D eigenvalue weighted by Crippen LogP contribution is 2.22. The second-order valence-electron chi connectivity index (χ2n) is 5.79. The Bertz CT molecular complexity index is 672. The zero-order valence-electron chi connectivity index (χ0n) is 13.9. The van der Waals surface area contributed by atoms with Crippen LogP contribution in [0.15, 0.2) is 36.4 Å². The third-order valence-corrected chi connectivity index (χ3v) is 3.73. The molecule has 0 saturated carbocycles. The van der Waals surface area contributed by atoms with E-state index in [1.165, 1.54) is 5.56 Å². The van der Waals surface area contributed by atoms with Gasteiger partial charge < -0.3 is 10.1 Å². The van der Waals surface area contributed by atoms with Crippen molar-refractivity contribution in [2.24, 2.45) is 0 Å². The normalized spacial score (nSPS) is 11.9. The van der Waals surface area contributed by atoms with E-state index in [0.717, 1.165) is 28.1 Å². The van der Waals surface area contributed by atoms with E-state index in [1.807, 2.05) is 64.1 Å². The third kappa shape index (κ3) is 3.67. The number of hydrogen-bond acceptors (Lipinski definition) is 2. The lowest BCUT2D eigenvalue weighted by atomic mass is 10.1. The zero-order valence-corrected chi connectivity index (χ0v) is 13.9. The second-order valence-corrected chi connectivity index (χ2v) is 5.79. The van der Waals surface area contributed by atoms with Crippen LogP contribution in [0.2, 0.25) is 0 Å². The standard InChI is InChI=1S/C19H23NO2/c1-12-9-10-17(15(4)11-12)22-16(5)19(21)20-18-13(2)7-6-8-14(18)3/h6-11,16H,1-5H3,(H,20,21). The number of benzene rings is 2. The quantitative estimate of drug-likeness (QED) is 0.912. The van der Waals surface area contributed by atoms with Crippen LogP contribution >= 0.6 is 0 Å². The summed E-state index contributed by atoms with van der Waals surface area (Å²) in [5.41, 5.74) is 5.17. The fourth-order valence-electron chi connectivity index (χ4n) is 2.41. The van der Waals surface area contributed by atoms with Crippen LogP contribution in [0, 0.1) is 27.7 Å². The van der Waals surface area contributed by atoms with Crippen molar-refractivity contribution in [2.75, 3.05) is 5.32 Å². The minimum absolute atomic E-state index is 0.141. The summed E-state index contributed by atoms with van der Waals surface area (Å²) in [5, 5.41) is 2.97. The summed E-state index contributed by atoms with van der Waals surface area (Å²) in [6, 6.07) is 11.9. The maximum Gasteiger partial charge on any atom is 0.265 e. The van der Waals surface area contributed by atoms with Crippen molar-refractivity contribution in [3.63, 3.8) is 0 Å². The molecule has 0 aliphatic carbocycles. The lowest BCUT2D eigenvalue weighted by Gasteiger charge is -2.18. The molecule has 1 N–H and O–H groups in total. The van der Waals surface area contributed by atoms with E-state index < -0.39 is 6.10 Å². The number of ether oxygens (including phenoxy) is 1. The van der Waals surface area contributed by atoms with Gasteiger partial charge in [-0.05, 0) is 57.4 Å². The smallest absolute Gasteiger partial charge is 0.265 e. The molecule has 0 bridgehead atoms. The first-order chi connectivity index (χ1) is 10.4. The molecule has 0 fully saturated rings. The predicted octanol–water partition coefficient (Wildman–Crippen LogP) is 4.33. The predicted molar refractivity (Wildman–Crippen MR) is 90.6 cm³/mol. The van der Waals surface area contributed by atoms with Gasteiger partial charge in [0.25, 0.3) is 5.91 Å². The van der Waals surface area contributed by atoms with Crippen LogP contribution in [0.5, 0.6) is 5.75 Å². The van der Waals surface area contributed by atoms with Crippen LogP contribution in [0.25, 0.3) is 0 Å². The van der Waals surface area contributed by atoms with E-state index in [9.17, 15) is 4.79 Å². The number of para-hydroxylation sites is 1. The molecule has 0 heterocycles. The van der Waals surface area contributed by atoms with E-state index in [0.29, 0.717) is 0 Å². The van der Waals surface area contributed by atoms with Crippen LogP contribution in [-0.4, -0.2) is 12.0 Å². The average molecular weight is 297 g/mol. The Morgan fingerprint density at radius 1 is 1.00 bits per heavy atom. The Labute approximate surface area is 132 Å². The van der Waals surface area contributed by atoms with Crippen molar-refractivity contribution >= 4 is 11.6 Å². The first-order valence-corrected chi connectivity index (χ1v) is 7.49. The number of rotatable bonds is 4. The number of anilines is 1. The molecule has 1 unspecified atom stereocenters. The van der Waals surface area contributed by atoms with Crippen LogP contribution in [0.1, 0.15) is 29.2 Å². The van der Waals surface area contributed by atoms with Crippen molar-refractivity contribution in [3.8, 4) is 5.75 Å². The summed E-state index contributed by atoms with van der Waals surface area (Å²) in [5.74, 6) is 0.604. The molecule has 0 aliphatic heterocycles. The van der Waals surface area contributed by atoms with Gasteiger partial charge in [0.2, 0.25) is 0 Å². The van der Waals surface area contributed by atoms with Crippen LogP contribution in [-0.2, 0) is 4.79 Å². The minimum Gasteiger partial charge on any atom is -0.481 e. The molecule has 3 nitrogen and oxygen atoms in total.